The van der Waals surface area contributed by atoms with Gasteiger partial charge >= 0.3 is 5.97 Å². The van der Waals surface area contributed by atoms with Crippen molar-refractivity contribution in [2.75, 3.05) is 6.54 Å². The standard InChI is InChI=1S/C11H13NO4S/c13-11(14)10-6-7-12(10)17(15,16)8-9-4-2-1-3-5-9/h1-5,10H,6-8H2,(H,13,14)/t10-/m0/s1. The van der Waals surface area contributed by atoms with E-state index >= 15 is 0 Å². The normalized spacial score (nSPS) is 20.8. The molecule has 1 heterocycles. The van der Waals surface area contributed by atoms with E-state index in [4.69, 9.17) is 5.11 Å². The molecule has 0 aliphatic carbocycles. The Morgan fingerprint density at radius 3 is 2.47 bits per heavy atom. The summed E-state index contributed by atoms with van der Waals surface area (Å²) in [4.78, 5) is 10.8. The third kappa shape index (κ3) is 2.48. The van der Waals surface area contributed by atoms with E-state index in [0.29, 0.717) is 18.5 Å². The first-order chi connectivity index (χ1) is 8.00. The molecule has 0 saturated carbocycles. The summed E-state index contributed by atoms with van der Waals surface area (Å²) in [5, 5.41) is 8.83. The monoisotopic (exact) mass is 255 g/mol. The van der Waals surface area contributed by atoms with Crippen molar-refractivity contribution in [2.24, 2.45) is 0 Å². The van der Waals surface area contributed by atoms with Crippen molar-refractivity contribution in [1.29, 1.82) is 0 Å². The number of carboxylic acid groups (broad SMARTS) is 1. The molecule has 6 heteroatoms. The molecule has 0 amide bonds. The van der Waals surface area contributed by atoms with Crippen molar-refractivity contribution >= 4 is 16.0 Å². The van der Waals surface area contributed by atoms with Crippen molar-refractivity contribution in [3.05, 3.63) is 35.9 Å². The molecule has 1 N–H and O–H groups in total. The predicted molar refractivity (Wildman–Crippen MR) is 61.8 cm³/mol. The fourth-order valence-electron chi connectivity index (χ4n) is 1.81. The number of rotatable bonds is 4. The summed E-state index contributed by atoms with van der Waals surface area (Å²) in [6.45, 7) is 0.298. The molecule has 1 aliphatic rings. The van der Waals surface area contributed by atoms with Crippen LogP contribution in [0.5, 0.6) is 0 Å². The summed E-state index contributed by atoms with van der Waals surface area (Å²) in [7, 11) is -3.52. The van der Waals surface area contributed by atoms with Gasteiger partial charge in [-0.2, -0.15) is 4.31 Å². The van der Waals surface area contributed by atoms with Crippen LogP contribution in [-0.4, -0.2) is 36.4 Å². The number of sulfonamides is 1. The molecule has 1 fully saturated rings. The van der Waals surface area contributed by atoms with Gasteiger partial charge in [0.1, 0.15) is 6.04 Å². The van der Waals surface area contributed by atoms with Gasteiger partial charge < -0.3 is 5.11 Å². The zero-order valence-electron chi connectivity index (χ0n) is 9.11. The van der Waals surface area contributed by atoms with E-state index < -0.39 is 22.0 Å². The maximum Gasteiger partial charge on any atom is 0.322 e. The first-order valence-electron chi connectivity index (χ1n) is 5.27. The minimum Gasteiger partial charge on any atom is -0.480 e. The Morgan fingerprint density at radius 2 is 2.00 bits per heavy atom. The lowest BCUT2D eigenvalue weighted by molar-refractivity contribution is -0.144. The topological polar surface area (TPSA) is 74.7 Å². The summed E-state index contributed by atoms with van der Waals surface area (Å²) in [5.74, 6) is -1.22. The van der Waals surface area contributed by atoms with Crippen LogP contribution in [0, 0.1) is 0 Å². The van der Waals surface area contributed by atoms with Crippen LogP contribution in [0.2, 0.25) is 0 Å². The van der Waals surface area contributed by atoms with Crippen molar-refractivity contribution in [1.82, 2.24) is 4.31 Å². The van der Waals surface area contributed by atoms with Gasteiger partial charge in [-0.1, -0.05) is 30.3 Å². The van der Waals surface area contributed by atoms with Gasteiger partial charge in [-0.3, -0.25) is 4.79 Å². The molecule has 1 aromatic rings. The van der Waals surface area contributed by atoms with E-state index in [9.17, 15) is 13.2 Å². The maximum atomic E-state index is 12.0. The average molecular weight is 255 g/mol. The number of benzene rings is 1. The Hall–Kier alpha value is -1.40. The van der Waals surface area contributed by atoms with Crippen molar-refractivity contribution in [2.45, 2.75) is 18.2 Å². The molecule has 0 unspecified atom stereocenters. The van der Waals surface area contributed by atoms with Gasteiger partial charge in [-0.15, -0.1) is 0 Å². The van der Waals surface area contributed by atoms with E-state index in [1.165, 1.54) is 0 Å². The molecule has 92 valence electrons. The predicted octanol–water partition coefficient (Wildman–Crippen LogP) is 0.675. The molecular weight excluding hydrogens is 242 g/mol. The molecule has 17 heavy (non-hydrogen) atoms. The van der Waals surface area contributed by atoms with Gasteiger partial charge in [0.05, 0.1) is 5.75 Å². The van der Waals surface area contributed by atoms with E-state index in [1.54, 1.807) is 30.3 Å². The van der Waals surface area contributed by atoms with Gasteiger partial charge in [0.15, 0.2) is 0 Å². The largest absolute Gasteiger partial charge is 0.480 e. The van der Waals surface area contributed by atoms with Crippen LogP contribution in [0.3, 0.4) is 0 Å². The Labute approximate surface area is 99.7 Å². The molecule has 0 bridgehead atoms. The summed E-state index contributed by atoms with van der Waals surface area (Å²) in [6.07, 6.45) is 0.392. The fourth-order valence-corrected chi connectivity index (χ4v) is 3.56. The van der Waals surface area contributed by atoms with Crippen LogP contribution in [0.15, 0.2) is 30.3 Å². The smallest absolute Gasteiger partial charge is 0.322 e. The van der Waals surface area contributed by atoms with E-state index in [-0.39, 0.29) is 5.75 Å². The summed E-state index contributed by atoms with van der Waals surface area (Å²) in [6, 6.07) is 7.87. The highest BCUT2D eigenvalue weighted by molar-refractivity contribution is 7.88. The van der Waals surface area contributed by atoms with Crippen LogP contribution in [0.4, 0.5) is 0 Å². The van der Waals surface area contributed by atoms with Crippen molar-refractivity contribution < 1.29 is 18.3 Å². The molecular formula is C11H13NO4S. The highest BCUT2D eigenvalue weighted by Crippen LogP contribution is 2.24. The number of nitrogens with zero attached hydrogens (tertiary/aromatic N) is 1. The Kier molecular flexibility index (Phi) is 3.17. The van der Waals surface area contributed by atoms with E-state index in [0.717, 1.165) is 4.31 Å². The van der Waals surface area contributed by atoms with Crippen LogP contribution in [0.1, 0.15) is 12.0 Å². The first-order valence-corrected chi connectivity index (χ1v) is 6.88. The molecule has 0 radical (unpaired) electrons. The fraction of sp³-hybridized carbons (Fsp3) is 0.364. The highest BCUT2D eigenvalue weighted by Gasteiger charge is 2.41. The van der Waals surface area contributed by atoms with Crippen LogP contribution < -0.4 is 0 Å². The number of hydrogen-bond acceptors (Lipinski definition) is 3. The second-order valence-corrected chi connectivity index (χ2v) is 5.92. The van der Waals surface area contributed by atoms with Gasteiger partial charge in [0.2, 0.25) is 10.0 Å². The Balaban J connectivity index is 2.13. The second kappa shape index (κ2) is 4.46. The quantitative estimate of drug-likeness (QED) is 0.858. The highest BCUT2D eigenvalue weighted by atomic mass is 32.2. The van der Waals surface area contributed by atoms with Crippen LogP contribution >= 0.6 is 0 Å². The molecule has 1 aromatic carbocycles. The lowest BCUT2D eigenvalue weighted by Gasteiger charge is -2.36. The lowest BCUT2D eigenvalue weighted by Crippen LogP contribution is -2.55. The van der Waals surface area contributed by atoms with E-state index in [1.807, 2.05) is 0 Å². The van der Waals surface area contributed by atoms with Crippen molar-refractivity contribution in [3.63, 3.8) is 0 Å². The number of carboxylic acids is 1. The van der Waals surface area contributed by atoms with Gasteiger partial charge in [-0.05, 0) is 12.0 Å². The summed E-state index contributed by atoms with van der Waals surface area (Å²) < 4.78 is 25.0. The molecule has 1 aliphatic heterocycles. The van der Waals surface area contributed by atoms with Gasteiger partial charge in [0, 0.05) is 6.54 Å². The molecule has 0 spiro atoms. The second-order valence-electron chi connectivity index (χ2n) is 4.00. The third-order valence-electron chi connectivity index (χ3n) is 2.80. The summed E-state index contributed by atoms with van der Waals surface area (Å²) >= 11 is 0. The molecule has 2 rings (SSSR count). The number of aliphatic carboxylic acids is 1. The minimum atomic E-state index is -3.52. The molecule has 0 aromatic heterocycles. The van der Waals surface area contributed by atoms with Crippen LogP contribution in [-0.2, 0) is 20.6 Å². The SMILES string of the molecule is O=C(O)[C@@H]1CCN1S(=O)(=O)Cc1ccccc1. The van der Waals surface area contributed by atoms with Gasteiger partial charge in [0.25, 0.3) is 0 Å². The lowest BCUT2D eigenvalue weighted by atomic mass is 10.1. The Bertz CT molecular complexity index is 512. The molecule has 1 saturated heterocycles. The maximum absolute atomic E-state index is 12.0. The zero-order valence-corrected chi connectivity index (χ0v) is 9.93. The van der Waals surface area contributed by atoms with Gasteiger partial charge in [-0.25, -0.2) is 8.42 Å². The third-order valence-corrected chi connectivity index (χ3v) is 4.65. The zero-order chi connectivity index (χ0) is 12.5. The van der Waals surface area contributed by atoms with Crippen molar-refractivity contribution in [3.8, 4) is 0 Å². The number of carbonyl (C=O) groups is 1. The van der Waals surface area contributed by atoms with E-state index in [2.05, 4.69) is 0 Å². The molecule has 5 nitrogen and oxygen atoms in total. The Morgan fingerprint density at radius 1 is 1.35 bits per heavy atom. The minimum absolute atomic E-state index is 0.141. The molecule has 1 atom stereocenters. The number of hydrogen-bond donors (Lipinski definition) is 1. The first kappa shape index (κ1) is 12.1. The van der Waals surface area contributed by atoms with Crippen LogP contribution in [0.25, 0.3) is 0 Å². The summed E-state index contributed by atoms with van der Waals surface area (Å²) in [5.41, 5.74) is 0.670. The average Bonchev–Trinajstić information content (AvgIpc) is 2.14.